The average Bonchev–Trinajstić information content (AvgIpc) is 3.15. The molecule has 1 unspecified atom stereocenters. The Kier molecular flexibility index (Phi) is 6.48. The van der Waals surface area contributed by atoms with E-state index < -0.39 is 0 Å². The van der Waals surface area contributed by atoms with Crippen LogP contribution in [-0.2, 0) is 19.2 Å². The molecule has 2 fully saturated rings. The van der Waals surface area contributed by atoms with Crippen molar-refractivity contribution in [2.45, 2.75) is 57.9 Å². The molecule has 7 nitrogen and oxygen atoms in total. The van der Waals surface area contributed by atoms with Gasteiger partial charge >= 0.3 is 12.3 Å². The molecule has 0 aromatic heterocycles. The molecule has 134 valence electrons. The largest absolute Gasteiger partial charge is 0.356 e. The number of imide groups is 1. The molecule has 2 rings (SSSR count). The Labute approximate surface area is 142 Å². The van der Waals surface area contributed by atoms with E-state index in [1.807, 2.05) is 11.8 Å². The van der Waals surface area contributed by atoms with Crippen LogP contribution in [0, 0.1) is 0 Å². The van der Waals surface area contributed by atoms with Gasteiger partial charge in [0, 0.05) is 45.3 Å². The van der Waals surface area contributed by atoms with E-state index in [0.29, 0.717) is 26.1 Å². The molecule has 0 aromatic carbocycles. The number of hydrogen-bond donors (Lipinski definition) is 1. The summed E-state index contributed by atoms with van der Waals surface area (Å²) in [6.45, 7) is 4.45. The number of amides is 4. The maximum atomic E-state index is 12.4. The van der Waals surface area contributed by atoms with Gasteiger partial charge in [-0.05, 0) is 19.8 Å². The van der Waals surface area contributed by atoms with Gasteiger partial charge in [-0.3, -0.25) is 9.59 Å². The van der Waals surface area contributed by atoms with Crippen LogP contribution in [0.2, 0.25) is 0 Å². The van der Waals surface area contributed by atoms with Crippen LogP contribution in [0.5, 0.6) is 0 Å². The summed E-state index contributed by atoms with van der Waals surface area (Å²) in [6.07, 6.45) is 4.95. The third kappa shape index (κ3) is 4.20. The summed E-state index contributed by atoms with van der Waals surface area (Å²) in [7, 11) is 0. The van der Waals surface area contributed by atoms with Gasteiger partial charge in [0.25, 0.3) is 0 Å². The van der Waals surface area contributed by atoms with E-state index in [9.17, 15) is 19.2 Å². The van der Waals surface area contributed by atoms with E-state index in [0.717, 1.165) is 38.6 Å². The lowest BCUT2D eigenvalue weighted by Crippen LogP contribution is -2.54. The molecule has 0 aliphatic carbocycles. The van der Waals surface area contributed by atoms with E-state index in [-0.39, 0.29) is 41.1 Å². The monoisotopic (exact) mass is 338 g/mol. The first kappa shape index (κ1) is 18.6. The van der Waals surface area contributed by atoms with Crippen LogP contribution in [0.15, 0.2) is 0 Å². The Hall–Kier alpha value is -1.76. The van der Waals surface area contributed by atoms with Gasteiger partial charge < -0.3 is 10.2 Å². The zero-order valence-corrected chi connectivity index (χ0v) is 14.5. The highest BCUT2D eigenvalue weighted by atomic mass is 16.2. The van der Waals surface area contributed by atoms with Gasteiger partial charge in [-0.1, -0.05) is 0 Å². The number of nitrogens with one attached hydrogen (secondary N) is 1. The van der Waals surface area contributed by atoms with E-state index in [1.165, 1.54) is 0 Å². The number of nitrogens with zero attached hydrogens (tertiary/aromatic N) is 2. The van der Waals surface area contributed by atoms with Crippen LogP contribution in [0.25, 0.3) is 0 Å². The van der Waals surface area contributed by atoms with Crippen molar-refractivity contribution >= 4 is 24.1 Å². The molecule has 24 heavy (non-hydrogen) atoms. The highest BCUT2D eigenvalue weighted by Crippen LogP contribution is 2.26. The summed E-state index contributed by atoms with van der Waals surface area (Å²) in [4.78, 5) is 48.9. The minimum Gasteiger partial charge on any atom is -0.356 e. The van der Waals surface area contributed by atoms with Crippen LogP contribution in [0.3, 0.4) is 0 Å². The summed E-state index contributed by atoms with van der Waals surface area (Å²) in [5.74, 6) is -0.144. The highest BCUT2D eigenvalue weighted by molar-refractivity contribution is 5.83. The number of rotatable bonds is 8. The molecule has 0 aromatic rings. The second-order valence-corrected chi connectivity index (χ2v) is 6.83. The predicted molar refractivity (Wildman–Crippen MR) is 87.6 cm³/mol. The Morgan fingerprint density at radius 1 is 1.33 bits per heavy atom. The third-order valence-corrected chi connectivity index (χ3v) is 5.25. The minimum atomic E-state index is -0.174. The Morgan fingerprint density at radius 2 is 2.12 bits per heavy atom. The van der Waals surface area contributed by atoms with Gasteiger partial charge in [-0.15, -0.1) is 0 Å². The van der Waals surface area contributed by atoms with Gasteiger partial charge in [0.2, 0.25) is 11.8 Å². The number of hydrogen-bond acceptors (Lipinski definition) is 4. The molecule has 2 atom stereocenters. The smallest absolute Gasteiger partial charge is 0.321 e. The minimum absolute atomic E-state index is 0.0102. The van der Waals surface area contributed by atoms with Crippen LogP contribution >= 0.6 is 0 Å². The molecule has 0 bridgehead atoms. The third-order valence-electron chi connectivity index (χ3n) is 5.25. The molecule has 2 aliphatic heterocycles. The molecular formula is C17H28N3O4+. The maximum absolute atomic E-state index is 12.4. The summed E-state index contributed by atoms with van der Waals surface area (Å²) in [5.41, 5.74) is 0. The van der Waals surface area contributed by atoms with Gasteiger partial charge in [0.1, 0.15) is 6.04 Å². The summed E-state index contributed by atoms with van der Waals surface area (Å²) >= 11 is 0. The molecule has 2 heterocycles. The SMILES string of the molecule is C[C@@H]1CCC[N+]1(C=O)C(=O)CCC(=O)NCCCN1CCCC1=O. The molecule has 7 heteroatoms. The van der Waals surface area contributed by atoms with E-state index in [1.54, 1.807) is 0 Å². The fraction of sp³-hybridized carbons (Fsp3) is 0.765. The predicted octanol–water partition coefficient (Wildman–Crippen LogP) is 0.577. The van der Waals surface area contributed by atoms with Gasteiger partial charge in [0.05, 0.1) is 13.0 Å². The second-order valence-electron chi connectivity index (χ2n) is 6.83. The van der Waals surface area contributed by atoms with Gasteiger partial charge in [-0.2, -0.15) is 4.48 Å². The zero-order chi connectivity index (χ0) is 17.6. The first-order valence-corrected chi connectivity index (χ1v) is 8.91. The first-order valence-electron chi connectivity index (χ1n) is 8.91. The number of quaternary nitrogens is 1. The van der Waals surface area contributed by atoms with Gasteiger partial charge in [-0.25, -0.2) is 9.59 Å². The van der Waals surface area contributed by atoms with Crippen LogP contribution in [-0.4, -0.2) is 65.7 Å². The summed E-state index contributed by atoms with van der Waals surface area (Å²) in [6, 6.07) is 0.0102. The highest BCUT2D eigenvalue weighted by Gasteiger charge is 2.45. The fourth-order valence-corrected chi connectivity index (χ4v) is 3.64. The molecule has 1 N–H and O–H groups in total. The lowest BCUT2D eigenvalue weighted by molar-refractivity contribution is -0.780. The molecule has 2 saturated heterocycles. The van der Waals surface area contributed by atoms with E-state index in [4.69, 9.17) is 0 Å². The van der Waals surface area contributed by atoms with Crippen molar-refractivity contribution in [3.05, 3.63) is 0 Å². The Bertz CT molecular complexity index is 508. The van der Waals surface area contributed by atoms with Crippen molar-refractivity contribution in [2.24, 2.45) is 0 Å². The van der Waals surface area contributed by atoms with Crippen LogP contribution in [0.1, 0.15) is 51.9 Å². The second kappa shape index (κ2) is 8.37. The number of likely N-dealkylation sites (tertiary alicyclic amines) is 2. The molecule has 0 radical (unpaired) electrons. The van der Waals surface area contributed by atoms with E-state index >= 15 is 0 Å². The number of carbonyl (C=O) groups is 4. The lowest BCUT2D eigenvalue weighted by atomic mass is 10.2. The lowest BCUT2D eigenvalue weighted by Gasteiger charge is -2.28. The maximum Gasteiger partial charge on any atom is 0.321 e. The molecule has 4 amide bonds. The summed E-state index contributed by atoms with van der Waals surface area (Å²) < 4.78 is -0.135. The topological polar surface area (TPSA) is 83.6 Å². The van der Waals surface area contributed by atoms with Crippen LogP contribution < -0.4 is 5.32 Å². The summed E-state index contributed by atoms with van der Waals surface area (Å²) in [5, 5.41) is 2.78. The van der Waals surface area contributed by atoms with Crippen molar-refractivity contribution in [1.29, 1.82) is 0 Å². The quantitative estimate of drug-likeness (QED) is 0.399. The number of carbonyl (C=O) groups excluding carboxylic acids is 4. The zero-order valence-electron chi connectivity index (χ0n) is 14.5. The van der Waals surface area contributed by atoms with Crippen molar-refractivity contribution in [2.75, 3.05) is 26.2 Å². The van der Waals surface area contributed by atoms with Crippen molar-refractivity contribution in [3.8, 4) is 0 Å². The average molecular weight is 338 g/mol. The first-order chi connectivity index (χ1) is 11.5. The normalized spacial score (nSPS) is 26.6. The Morgan fingerprint density at radius 3 is 2.71 bits per heavy atom. The van der Waals surface area contributed by atoms with Crippen molar-refractivity contribution in [1.82, 2.24) is 10.2 Å². The van der Waals surface area contributed by atoms with Crippen molar-refractivity contribution in [3.63, 3.8) is 0 Å². The molecular weight excluding hydrogens is 310 g/mol. The molecule has 0 spiro atoms. The molecule has 0 saturated carbocycles. The standard InChI is InChI=1S/C17H27N3O4/c1-14-5-3-12-20(14,13-21)17(24)8-7-15(22)18-9-4-11-19-10-2-6-16(19)23/h13-14H,2-12H2,1H3/p+1/t14-,20?/m1/s1. The molecule has 2 aliphatic rings. The Balaban J connectivity index is 1.64. The van der Waals surface area contributed by atoms with Crippen LogP contribution in [0.4, 0.5) is 0 Å². The van der Waals surface area contributed by atoms with E-state index in [2.05, 4.69) is 5.32 Å². The fourth-order valence-electron chi connectivity index (χ4n) is 3.64. The van der Waals surface area contributed by atoms with Crippen molar-refractivity contribution < 1.29 is 23.7 Å². The van der Waals surface area contributed by atoms with Gasteiger partial charge in [0.15, 0.2) is 0 Å².